The second-order valence-electron chi connectivity index (χ2n) is 2.17. The van der Waals surface area contributed by atoms with Crippen LogP contribution >= 0.6 is 0 Å². The third-order valence-electron chi connectivity index (χ3n) is 1.23. The number of hydrogen-bond donors (Lipinski definition) is 0. The van der Waals surface area contributed by atoms with Crippen molar-refractivity contribution in [3.63, 3.8) is 0 Å². The Morgan fingerprint density at radius 2 is 2.36 bits per heavy atom. The first-order valence-electron chi connectivity index (χ1n) is 3.44. The van der Waals surface area contributed by atoms with E-state index in [-0.39, 0.29) is 6.61 Å². The molecule has 0 saturated carbocycles. The summed E-state index contributed by atoms with van der Waals surface area (Å²) in [5.41, 5.74) is 0.928. The zero-order chi connectivity index (χ0) is 8.10. The Morgan fingerprint density at radius 1 is 1.55 bits per heavy atom. The lowest BCUT2D eigenvalue weighted by Gasteiger charge is -2.01. The molecular weight excluding hydrogens is 145 g/mol. The molecule has 0 radical (unpaired) electrons. The highest BCUT2D eigenvalue weighted by Crippen LogP contribution is 2.07. The Morgan fingerprint density at radius 3 is 2.91 bits per heavy atom. The normalized spacial score (nSPS) is 9.64. The Balaban J connectivity index is 2.52. The van der Waals surface area contributed by atoms with Crippen molar-refractivity contribution in [2.45, 2.75) is 6.92 Å². The summed E-state index contributed by atoms with van der Waals surface area (Å²) >= 11 is 0. The number of rotatable bonds is 3. The van der Waals surface area contributed by atoms with Gasteiger partial charge in [0, 0.05) is 5.69 Å². The fraction of sp³-hybridized carbons (Fsp3) is 0.375. The van der Waals surface area contributed by atoms with Gasteiger partial charge in [0.25, 0.3) is 0 Å². The zero-order valence-electron chi connectivity index (χ0n) is 6.38. The number of aryl methyl sites for hydroxylation is 1. The summed E-state index contributed by atoms with van der Waals surface area (Å²) in [4.78, 5) is 3.98. The molecule has 2 nitrogen and oxygen atoms in total. The SMILES string of the molecule is Cc1ccc(OCCF)cn1. The fourth-order valence-electron chi connectivity index (χ4n) is 0.696. The largest absolute Gasteiger partial charge is 0.489 e. The van der Waals surface area contributed by atoms with Crippen LogP contribution in [-0.2, 0) is 0 Å². The highest BCUT2D eigenvalue weighted by atomic mass is 19.1. The number of halogens is 1. The Labute approximate surface area is 65.0 Å². The predicted molar refractivity (Wildman–Crippen MR) is 40.4 cm³/mol. The lowest BCUT2D eigenvalue weighted by atomic mass is 10.4. The van der Waals surface area contributed by atoms with Crippen LogP contribution in [0.5, 0.6) is 5.75 Å². The van der Waals surface area contributed by atoms with Crippen molar-refractivity contribution in [3.05, 3.63) is 24.0 Å². The first kappa shape index (κ1) is 7.98. The monoisotopic (exact) mass is 155 g/mol. The maximum Gasteiger partial charge on any atom is 0.137 e. The second-order valence-corrected chi connectivity index (χ2v) is 2.17. The van der Waals surface area contributed by atoms with Gasteiger partial charge in [-0.2, -0.15) is 0 Å². The number of pyridine rings is 1. The fourth-order valence-corrected chi connectivity index (χ4v) is 0.696. The van der Waals surface area contributed by atoms with Gasteiger partial charge in [0.05, 0.1) is 6.20 Å². The van der Waals surface area contributed by atoms with Crippen molar-refractivity contribution in [2.24, 2.45) is 0 Å². The summed E-state index contributed by atoms with van der Waals surface area (Å²) in [7, 11) is 0. The van der Waals surface area contributed by atoms with Crippen LogP contribution in [0.1, 0.15) is 5.69 Å². The molecule has 1 rings (SSSR count). The molecule has 0 N–H and O–H groups in total. The maximum absolute atomic E-state index is 11.6. The second kappa shape index (κ2) is 3.91. The summed E-state index contributed by atoms with van der Waals surface area (Å²) in [6.07, 6.45) is 1.59. The average Bonchev–Trinajstić information content (AvgIpc) is 2.04. The summed E-state index contributed by atoms with van der Waals surface area (Å²) in [6, 6.07) is 3.60. The molecule has 0 bridgehead atoms. The Hall–Kier alpha value is -1.12. The van der Waals surface area contributed by atoms with Crippen molar-refractivity contribution in [2.75, 3.05) is 13.3 Å². The molecule has 0 saturated heterocycles. The molecule has 0 aliphatic heterocycles. The van der Waals surface area contributed by atoms with E-state index >= 15 is 0 Å². The molecule has 11 heavy (non-hydrogen) atoms. The predicted octanol–water partition coefficient (Wildman–Crippen LogP) is 1.74. The van der Waals surface area contributed by atoms with Gasteiger partial charge in [-0.15, -0.1) is 0 Å². The third kappa shape index (κ3) is 2.53. The van der Waals surface area contributed by atoms with E-state index in [2.05, 4.69) is 4.98 Å². The van der Waals surface area contributed by atoms with Crippen LogP contribution in [0.25, 0.3) is 0 Å². The molecule has 0 atom stereocenters. The summed E-state index contributed by atoms with van der Waals surface area (Å²) in [6.45, 7) is 1.53. The molecule has 1 aromatic heterocycles. The van der Waals surface area contributed by atoms with E-state index in [4.69, 9.17) is 4.74 Å². The van der Waals surface area contributed by atoms with Crippen molar-refractivity contribution in [1.82, 2.24) is 4.98 Å². The zero-order valence-corrected chi connectivity index (χ0v) is 6.38. The molecule has 0 unspecified atom stereocenters. The smallest absolute Gasteiger partial charge is 0.137 e. The minimum absolute atomic E-state index is 0.102. The van der Waals surface area contributed by atoms with Crippen LogP contribution < -0.4 is 4.74 Å². The van der Waals surface area contributed by atoms with Gasteiger partial charge in [-0.1, -0.05) is 0 Å². The van der Waals surface area contributed by atoms with Gasteiger partial charge in [-0.05, 0) is 19.1 Å². The molecule has 1 aromatic rings. The van der Waals surface area contributed by atoms with E-state index in [1.807, 2.05) is 13.0 Å². The van der Waals surface area contributed by atoms with E-state index in [0.29, 0.717) is 5.75 Å². The number of alkyl halides is 1. The first-order chi connectivity index (χ1) is 5.33. The van der Waals surface area contributed by atoms with Gasteiger partial charge >= 0.3 is 0 Å². The van der Waals surface area contributed by atoms with E-state index in [9.17, 15) is 4.39 Å². The van der Waals surface area contributed by atoms with Crippen molar-refractivity contribution in [3.8, 4) is 5.75 Å². The average molecular weight is 155 g/mol. The van der Waals surface area contributed by atoms with Crippen LogP contribution in [0.15, 0.2) is 18.3 Å². The first-order valence-corrected chi connectivity index (χ1v) is 3.44. The van der Waals surface area contributed by atoms with Gasteiger partial charge in [-0.25, -0.2) is 4.39 Å². The molecule has 0 aliphatic carbocycles. The lowest BCUT2D eigenvalue weighted by molar-refractivity contribution is 0.272. The quantitative estimate of drug-likeness (QED) is 0.663. The molecule has 3 heteroatoms. The molecule has 0 spiro atoms. The molecule has 60 valence electrons. The third-order valence-corrected chi connectivity index (χ3v) is 1.23. The summed E-state index contributed by atoms with van der Waals surface area (Å²) in [5.74, 6) is 0.619. The molecule has 0 fully saturated rings. The minimum atomic E-state index is -0.464. The number of hydrogen-bond acceptors (Lipinski definition) is 2. The Bertz CT molecular complexity index is 210. The molecule has 1 heterocycles. The summed E-state index contributed by atoms with van der Waals surface area (Å²) in [5, 5.41) is 0. The lowest BCUT2D eigenvalue weighted by Crippen LogP contribution is -1.98. The summed E-state index contributed by atoms with van der Waals surface area (Å²) < 4.78 is 16.6. The Kier molecular flexibility index (Phi) is 2.83. The van der Waals surface area contributed by atoms with Crippen LogP contribution in [-0.4, -0.2) is 18.3 Å². The minimum Gasteiger partial charge on any atom is -0.489 e. The van der Waals surface area contributed by atoms with Crippen molar-refractivity contribution < 1.29 is 9.13 Å². The van der Waals surface area contributed by atoms with E-state index in [1.165, 1.54) is 0 Å². The van der Waals surface area contributed by atoms with E-state index in [0.717, 1.165) is 5.69 Å². The van der Waals surface area contributed by atoms with Crippen LogP contribution in [0.4, 0.5) is 4.39 Å². The maximum atomic E-state index is 11.6. The molecule has 0 aromatic carbocycles. The van der Waals surface area contributed by atoms with Crippen LogP contribution in [0.3, 0.4) is 0 Å². The highest BCUT2D eigenvalue weighted by molar-refractivity contribution is 5.18. The van der Waals surface area contributed by atoms with E-state index in [1.54, 1.807) is 12.3 Å². The van der Waals surface area contributed by atoms with E-state index < -0.39 is 6.67 Å². The number of nitrogens with zero attached hydrogens (tertiary/aromatic N) is 1. The molecule has 0 aliphatic rings. The number of aromatic nitrogens is 1. The van der Waals surface area contributed by atoms with Gasteiger partial charge < -0.3 is 4.74 Å². The van der Waals surface area contributed by atoms with Crippen LogP contribution in [0.2, 0.25) is 0 Å². The van der Waals surface area contributed by atoms with Crippen molar-refractivity contribution in [1.29, 1.82) is 0 Å². The molecule has 0 amide bonds. The van der Waals surface area contributed by atoms with Gasteiger partial charge in [0.2, 0.25) is 0 Å². The number of ether oxygens (including phenoxy) is 1. The van der Waals surface area contributed by atoms with Gasteiger partial charge in [0.15, 0.2) is 0 Å². The standard InChI is InChI=1S/C8H10FNO/c1-7-2-3-8(6-10-7)11-5-4-9/h2-3,6H,4-5H2,1H3. The van der Waals surface area contributed by atoms with Crippen LogP contribution in [0, 0.1) is 6.92 Å². The topological polar surface area (TPSA) is 22.1 Å². The van der Waals surface area contributed by atoms with Gasteiger partial charge in [-0.3, -0.25) is 4.98 Å². The van der Waals surface area contributed by atoms with Gasteiger partial charge in [0.1, 0.15) is 19.0 Å². The molecular formula is C8H10FNO. The van der Waals surface area contributed by atoms with Crippen molar-refractivity contribution >= 4 is 0 Å². The highest BCUT2D eigenvalue weighted by Gasteiger charge is 1.91.